The molecule has 0 saturated heterocycles. The summed E-state index contributed by atoms with van der Waals surface area (Å²) >= 11 is 2.60. The van der Waals surface area contributed by atoms with Crippen LogP contribution < -0.4 is 0 Å². The molecule has 1 rings (SSSR count). The van der Waals surface area contributed by atoms with Crippen LogP contribution in [0.25, 0.3) is 0 Å². The molecule has 0 aliphatic carbocycles. The van der Waals surface area contributed by atoms with Crippen LogP contribution in [0.1, 0.15) is 5.56 Å². The molecule has 9 heavy (non-hydrogen) atoms. The van der Waals surface area contributed by atoms with Gasteiger partial charge in [-0.25, -0.2) is 0 Å². The first-order chi connectivity index (χ1) is 4.30. The molecule has 45 valence electrons. The predicted octanol–water partition coefficient (Wildman–Crippen LogP) is 0.575. The molecule has 0 aromatic carbocycles. The van der Waals surface area contributed by atoms with Crippen molar-refractivity contribution in [1.82, 2.24) is 4.98 Å². The van der Waals surface area contributed by atoms with Crippen LogP contribution in [0.4, 0.5) is 0 Å². The van der Waals surface area contributed by atoms with Crippen LogP contribution in [-0.2, 0) is 0 Å². The van der Waals surface area contributed by atoms with Crippen molar-refractivity contribution in [2.45, 2.75) is 0 Å². The van der Waals surface area contributed by atoms with Crippen LogP contribution in [0.15, 0.2) is 24.5 Å². The molecular formula is C6H5N2Se. The normalized spacial score (nSPS) is 8.89. The fraction of sp³-hybridized carbons (Fsp3) is 0. The summed E-state index contributed by atoms with van der Waals surface area (Å²) in [5, 5.41) is 7.14. The summed E-state index contributed by atoms with van der Waals surface area (Å²) in [7, 11) is 0. The second-order valence-electron chi connectivity index (χ2n) is 1.57. The zero-order chi connectivity index (χ0) is 6.69. The van der Waals surface area contributed by atoms with E-state index in [0.717, 1.165) is 5.56 Å². The summed E-state index contributed by atoms with van der Waals surface area (Å²) in [6.07, 6.45) is 3.34. The fourth-order valence-electron chi connectivity index (χ4n) is 0.497. The monoisotopic (exact) mass is 185 g/mol. The summed E-state index contributed by atoms with van der Waals surface area (Å²) in [6, 6.07) is 3.65. The van der Waals surface area contributed by atoms with Gasteiger partial charge in [0.05, 0.1) is 0 Å². The van der Waals surface area contributed by atoms with Gasteiger partial charge in [0.1, 0.15) is 0 Å². The molecule has 0 amide bonds. The molecule has 1 aromatic rings. The Balaban J connectivity index is 2.98. The Kier molecular flexibility index (Phi) is 1.98. The quantitative estimate of drug-likeness (QED) is 0.502. The molecule has 0 aliphatic rings. The van der Waals surface area contributed by atoms with Crippen LogP contribution >= 0.6 is 0 Å². The minimum atomic E-state index is 0.433. The number of nitrogens with one attached hydrogen (secondary N) is 1. The fourth-order valence-corrected chi connectivity index (χ4v) is 0.750. The first-order valence-corrected chi connectivity index (χ1v) is 3.32. The first-order valence-electron chi connectivity index (χ1n) is 2.46. The molecule has 0 spiro atoms. The number of rotatable bonds is 1. The van der Waals surface area contributed by atoms with Gasteiger partial charge in [0.15, 0.2) is 0 Å². The number of hydrogen-bond donors (Lipinski definition) is 1. The van der Waals surface area contributed by atoms with Gasteiger partial charge in [-0.1, -0.05) is 0 Å². The van der Waals surface area contributed by atoms with Crippen molar-refractivity contribution in [2.24, 2.45) is 0 Å². The zero-order valence-corrected chi connectivity index (χ0v) is 6.38. The van der Waals surface area contributed by atoms with Gasteiger partial charge in [-0.2, -0.15) is 0 Å². The Morgan fingerprint density at radius 1 is 1.67 bits per heavy atom. The number of aromatic nitrogens is 1. The van der Waals surface area contributed by atoms with Crippen LogP contribution in [-0.4, -0.2) is 25.6 Å². The van der Waals surface area contributed by atoms with Crippen molar-refractivity contribution in [3.05, 3.63) is 30.1 Å². The average molecular weight is 184 g/mol. The van der Waals surface area contributed by atoms with E-state index in [4.69, 9.17) is 5.41 Å². The molecule has 0 aliphatic heterocycles. The summed E-state index contributed by atoms with van der Waals surface area (Å²) in [6.45, 7) is 0. The Morgan fingerprint density at radius 2 is 2.44 bits per heavy atom. The molecule has 0 fully saturated rings. The van der Waals surface area contributed by atoms with Gasteiger partial charge in [0.25, 0.3) is 0 Å². The third-order valence-electron chi connectivity index (χ3n) is 0.924. The van der Waals surface area contributed by atoms with Crippen molar-refractivity contribution < 1.29 is 0 Å². The van der Waals surface area contributed by atoms with Crippen molar-refractivity contribution in [3.8, 4) is 0 Å². The van der Waals surface area contributed by atoms with E-state index in [1.165, 1.54) is 0 Å². The molecule has 3 heteroatoms. The van der Waals surface area contributed by atoms with Crippen molar-refractivity contribution >= 4 is 20.6 Å². The second kappa shape index (κ2) is 2.76. The Morgan fingerprint density at radius 3 is 2.78 bits per heavy atom. The molecule has 1 N–H and O–H groups in total. The zero-order valence-electron chi connectivity index (χ0n) is 4.66. The summed E-state index contributed by atoms with van der Waals surface area (Å²) in [5.74, 6) is 0. The second-order valence-corrected chi connectivity index (χ2v) is 2.43. The molecule has 2 nitrogen and oxygen atoms in total. The average Bonchev–Trinajstić information content (AvgIpc) is 1.90. The molecule has 0 bridgehead atoms. The topological polar surface area (TPSA) is 36.7 Å². The van der Waals surface area contributed by atoms with Crippen molar-refractivity contribution in [1.29, 1.82) is 5.41 Å². The molecule has 0 saturated carbocycles. The van der Waals surface area contributed by atoms with E-state index >= 15 is 0 Å². The van der Waals surface area contributed by atoms with Crippen molar-refractivity contribution in [2.75, 3.05) is 0 Å². The summed E-state index contributed by atoms with van der Waals surface area (Å²) in [4.78, 5) is 3.85. The van der Waals surface area contributed by atoms with Crippen LogP contribution in [0.3, 0.4) is 0 Å². The number of nitrogens with zero attached hydrogens (tertiary/aromatic N) is 1. The predicted molar refractivity (Wildman–Crippen MR) is 36.8 cm³/mol. The Bertz CT molecular complexity index is 208. The van der Waals surface area contributed by atoms with E-state index in [9.17, 15) is 0 Å². The molecule has 0 atom stereocenters. The maximum absolute atomic E-state index is 7.14. The SMILES string of the molecule is N=C([Se])c1cccnc1. The van der Waals surface area contributed by atoms with Gasteiger partial charge >= 0.3 is 61.1 Å². The number of hydrogen-bond acceptors (Lipinski definition) is 2. The summed E-state index contributed by atoms with van der Waals surface area (Å²) < 4.78 is 0.433. The van der Waals surface area contributed by atoms with Crippen LogP contribution in [0.5, 0.6) is 0 Å². The van der Waals surface area contributed by atoms with Crippen LogP contribution in [0.2, 0.25) is 0 Å². The third kappa shape index (κ3) is 1.63. The molecule has 1 heterocycles. The summed E-state index contributed by atoms with van der Waals surface area (Å²) in [5.41, 5.74) is 0.831. The maximum atomic E-state index is 7.14. The molecule has 0 unspecified atom stereocenters. The van der Waals surface area contributed by atoms with E-state index in [1.807, 2.05) is 6.07 Å². The van der Waals surface area contributed by atoms with E-state index in [0.29, 0.717) is 4.61 Å². The van der Waals surface area contributed by atoms with Gasteiger partial charge in [-0.15, -0.1) is 0 Å². The Hall–Kier alpha value is -0.661. The number of pyridine rings is 1. The van der Waals surface area contributed by atoms with Gasteiger partial charge < -0.3 is 0 Å². The van der Waals surface area contributed by atoms with Gasteiger partial charge in [-0.05, 0) is 0 Å². The Labute approximate surface area is 61.6 Å². The standard InChI is InChI=1S/C6H5N2Se/c7-6(9)5-2-1-3-8-4-5/h1-4,7H. The van der Waals surface area contributed by atoms with Crippen molar-refractivity contribution in [3.63, 3.8) is 0 Å². The molecular weight excluding hydrogens is 179 g/mol. The minimum absolute atomic E-state index is 0.433. The molecule has 1 aromatic heterocycles. The van der Waals surface area contributed by atoms with E-state index in [1.54, 1.807) is 18.5 Å². The molecule has 1 radical (unpaired) electrons. The van der Waals surface area contributed by atoms with Gasteiger partial charge in [-0.3, -0.25) is 0 Å². The van der Waals surface area contributed by atoms with E-state index < -0.39 is 0 Å². The van der Waals surface area contributed by atoms with Gasteiger partial charge in [0, 0.05) is 0 Å². The van der Waals surface area contributed by atoms with E-state index in [2.05, 4.69) is 21.0 Å². The van der Waals surface area contributed by atoms with Crippen LogP contribution in [0, 0.1) is 5.41 Å². The first kappa shape index (κ1) is 6.46. The van der Waals surface area contributed by atoms with Gasteiger partial charge in [0.2, 0.25) is 0 Å². The third-order valence-corrected chi connectivity index (χ3v) is 1.42. The van der Waals surface area contributed by atoms with E-state index in [-0.39, 0.29) is 0 Å².